The van der Waals surface area contributed by atoms with Gasteiger partial charge in [-0.15, -0.1) is 0 Å². The lowest BCUT2D eigenvalue weighted by Gasteiger charge is -2.25. The van der Waals surface area contributed by atoms with E-state index in [1.807, 2.05) is 0 Å². The van der Waals surface area contributed by atoms with Crippen molar-refractivity contribution in [1.29, 1.82) is 0 Å². The van der Waals surface area contributed by atoms with Gasteiger partial charge in [-0.05, 0) is 25.2 Å². The highest BCUT2D eigenvalue weighted by atomic mass is 14.2. The SMILES string of the molecule is CCCC=C1CCC1C. The van der Waals surface area contributed by atoms with Gasteiger partial charge in [0.15, 0.2) is 0 Å². The third-order valence-electron chi connectivity index (χ3n) is 2.19. The Morgan fingerprint density at radius 1 is 1.67 bits per heavy atom. The fraction of sp³-hybridized carbons (Fsp3) is 0.778. The first kappa shape index (κ1) is 6.85. The highest BCUT2D eigenvalue weighted by Crippen LogP contribution is 2.32. The molecule has 0 radical (unpaired) electrons. The molecular formula is C9H16. The number of hydrogen-bond acceptors (Lipinski definition) is 0. The normalized spacial score (nSPS) is 30.4. The van der Waals surface area contributed by atoms with Gasteiger partial charge in [-0.1, -0.05) is 31.9 Å². The van der Waals surface area contributed by atoms with Crippen molar-refractivity contribution in [2.45, 2.75) is 39.5 Å². The predicted molar refractivity (Wildman–Crippen MR) is 41.4 cm³/mol. The highest BCUT2D eigenvalue weighted by molar-refractivity contribution is 5.13. The van der Waals surface area contributed by atoms with Gasteiger partial charge in [-0.2, -0.15) is 0 Å². The molecular weight excluding hydrogens is 108 g/mol. The molecule has 0 spiro atoms. The average Bonchev–Trinajstić information content (AvgIpc) is 1.86. The van der Waals surface area contributed by atoms with Crippen LogP contribution in [0.4, 0.5) is 0 Å². The van der Waals surface area contributed by atoms with Gasteiger partial charge in [-0.25, -0.2) is 0 Å². The third-order valence-corrected chi connectivity index (χ3v) is 2.19. The summed E-state index contributed by atoms with van der Waals surface area (Å²) in [6, 6.07) is 0. The van der Waals surface area contributed by atoms with Crippen LogP contribution in [-0.2, 0) is 0 Å². The fourth-order valence-corrected chi connectivity index (χ4v) is 1.23. The maximum Gasteiger partial charge on any atom is -0.0229 e. The standard InChI is InChI=1S/C9H16/c1-3-4-5-9-7-6-8(9)2/h5,8H,3-4,6-7H2,1-2H3. The molecule has 0 aromatic heterocycles. The fourth-order valence-electron chi connectivity index (χ4n) is 1.23. The van der Waals surface area contributed by atoms with Crippen molar-refractivity contribution < 1.29 is 0 Å². The summed E-state index contributed by atoms with van der Waals surface area (Å²) in [5, 5.41) is 0. The minimum atomic E-state index is 0.913. The Morgan fingerprint density at radius 2 is 2.44 bits per heavy atom. The molecule has 0 heteroatoms. The van der Waals surface area contributed by atoms with E-state index in [4.69, 9.17) is 0 Å². The molecule has 1 atom stereocenters. The van der Waals surface area contributed by atoms with Crippen molar-refractivity contribution in [2.24, 2.45) is 5.92 Å². The Kier molecular flexibility index (Phi) is 2.32. The molecule has 1 aliphatic carbocycles. The van der Waals surface area contributed by atoms with Crippen molar-refractivity contribution in [1.82, 2.24) is 0 Å². The van der Waals surface area contributed by atoms with Crippen molar-refractivity contribution in [3.63, 3.8) is 0 Å². The quantitative estimate of drug-likeness (QED) is 0.496. The second kappa shape index (κ2) is 3.05. The van der Waals surface area contributed by atoms with Gasteiger partial charge in [0.1, 0.15) is 0 Å². The largest absolute Gasteiger partial charge is 0.0851 e. The molecule has 0 aromatic rings. The summed E-state index contributed by atoms with van der Waals surface area (Å²) in [5.41, 5.74) is 1.71. The van der Waals surface area contributed by atoms with Crippen LogP contribution >= 0.6 is 0 Å². The number of hydrogen-bond donors (Lipinski definition) is 0. The van der Waals surface area contributed by atoms with Gasteiger partial charge in [0, 0.05) is 0 Å². The molecule has 1 fully saturated rings. The average molecular weight is 124 g/mol. The van der Waals surface area contributed by atoms with Gasteiger partial charge in [-0.3, -0.25) is 0 Å². The maximum absolute atomic E-state index is 2.42. The highest BCUT2D eigenvalue weighted by Gasteiger charge is 2.17. The molecule has 9 heavy (non-hydrogen) atoms. The van der Waals surface area contributed by atoms with E-state index in [2.05, 4.69) is 19.9 Å². The van der Waals surface area contributed by atoms with E-state index < -0.39 is 0 Å². The summed E-state index contributed by atoms with van der Waals surface area (Å²) >= 11 is 0. The topological polar surface area (TPSA) is 0 Å². The van der Waals surface area contributed by atoms with Crippen LogP contribution in [0.2, 0.25) is 0 Å². The predicted octanol–water partition coefficient (Wildman–Crippen LogP) is 3.14. The monoisotopic (exact) mass is 124 g/mol. The molecule has 0 nitrogen and oxygen atoms in total. The van der Waals surface area contributed by atoms with Crippen LogP contribution in [0.5, 0.6) is 0 Å². The molecule has 0 amide bonds. The molecule has 0 heterocycles. The first-order valence-electron chi connectivity index (χ1n) is 4.03. The van der Waals surface area contributed by atoms with Gasteiger partial charge < -0.3 is 0 Å². The Hall–Kier alpha value is -0.260. The van der Waals surface area contributed by atoms with E-state index in [0.717, 1.165) is 5.92 Å². The van der Waals surface area contributed by atoms with E-state index in [-0.39, 0.29) is 0 Å². The molecule has 52 valence electrons. The van der Waals surface area contributed by atoms with Crippen LogP contribution in [0.3, 0.4) is 0 Å². The van der Waals surface area contributed by atoms with Crippen LogP contribution in [0, 0.1) is 5.92 Å². The van der Waals surface area contributed by atoms with Crippen LogP contribution in [0.1, 0.15) is 39.5 Å². The van der Waals surface area contributed by atoms with E-state index >= 15 is 0 Å². The van der Waals surface area contributed by atoms with Crippen LogP contribution in [-0.4, -0.2) is 0 Å². The smallest absolute Gasteiger partial charge is 0.0229 e. The zero-order valence-electron chi connectivity index (χ0n) is 6.48. The van der Waals surface area contributed by atoms with Gasteiger partial charge >= 0.3 is 0 Å². The van der Waals surface area contributed by atoms with E-state index in [0.29, 0.717) is 0 Å². The van der Waals surface area contributed by atoms with Crippen LogP contribution < -0.4 is 0 Å². The lowest BCUT2D eigenvalue weighted by atomic mass is 9.80. The van der Waals surface area contributed by atoms with Crippen LogP contribution in [0.25, 0.3) is 0 Å². The molecule has 0 bridgehead atoms. The third kappa shape index (κ3) is 1.57. The van der Waals surface area contributed by atoms with Crippen molar-refractivity contribution in [3.8, 4) is 0 Å². The van der Waals surface area contributed by atoms with Gasteiger partial charge in [0.2, 0.25) is 0 Å². The summed E-state index contributed by atoms with van der Waals surface area (Å²) in [4.78, 5) is 0. The molecule has 1 unspecified atom stereocenters. The minimum Gasteiger partial charge on any atom is -0.0851 e. The Balaban J connectivity index is 2.24. The first-order chi connectivity index (χ1) is 4.34. The van der Waals surface area contributed by atoms with E-state index in [1.54, 1.807) is 5.57 Å². The lowest BCUT2D eigenvalue weighted by Crippen LogP contribution is -2.10. The van der Waals surface area contributed by atoms with Crippen molar-refractivity contribution in [2.75, 3.05) is 0 Å². The second-order valence-electron chi connectivity index (χ2n) is 3.01. The first-order valence-corrected chi connectivity index (χ1v) is 4.03. The van der Waals surface area contributed by atoms with Crippen molar-refractivity contribution in [3.05, 3.63) is 11.6 Å². The summed E-state index contributed by atoms with van der Waals surface area (Å²) < 4.78 is 0. The Morgan fingerprint density at radius 3 is 2.78 bits per heavy atom. The molecule has 1 saturated carbocycles. The molecule has 1 aliphatic rings. The molecule has 1 rings (SSSR count). The molecule has 0 aliphatic heterocycles. The van der Waals surface area contributed by atoms with E-state index in [9.17, 15) is 0 Å². The van der Waals surface area contributed by atoms with Gasteiger partial charge in [0.25, 0.3) is 0 Å². The minimum absolute atomic E-state index is 0.913. The zero-order chi connectivity index (χ0) is 6.69. The maximum atomic E-state index is 2.42. The number of unbranched alkanes of at least 4 members (excludes halogenated alkanes) is 1. The molecule has 0 N–H and O–H groups in total. The zero-order valence-corrected chi connectivity index (χ0v) is 6.48. The molecule has 0 saturated heterocycles. The number of rotatable bonds is 2. The Bertz CT molecular complexity index is 111. The van der Waals surface area contributed by atoms with Crippen LogP contribution in [0.15, 0.2) is 11.6 Å². The lowest BCUT2D eigenvalue weighted by molar-refractivity contribution is 0.479. The molecule has 0 aromatic carbocycles. The van der Waals surface area contributed by atoms with Crippen molar-refractivity contribution >= 4 is 0 Å². The summed E-state index contributed by atoms with van der Waals surface area (Å²) in [7, 11) is 0. The Labute approximate surface area is 58.0 Å². The summed E-state index contributed by atoms with van der Waals surface area (Å²) in [6.45, 7) is 4.56. The summed E-state index contributed by atoms with van der Waals surface area (Å²) in [5.74, 6) is 0.913. The number of allylic oxidation sites excluding steroid dienone is 2. The van der Waals surface area contributed by atoms with Gasteiger partial charge in [0.05, 0.1) is 0 Å². The summed E-state index contributed by atoms with van der Waals surface area (Å²) in [6.07, 6.45) is 7.82. The van der Waals surface area contributed by atoms with E-state index in [1.165, 1.54) is 25.7 Å². The second-order valence-corrected chi connectivity index (χ2v) is 3.01.